The van der Waals surface area contributed by atoms with Gasteiger partial charge in [-0.25, -0.2) is 4.98 Å². The quantitative estimate of drug-likeness (QED) is 0.416. The Balaban J connectivity index is 1.88. The molecule has 178 valence electrons. The molecule has 0 aliphatic rings. The number of nitriles is 1. The smallest absolute Gasteiger partial charge is 0.296 e. The van der Waals surface area contributed by atoms with E-state index in [1.54, 1.807) is 37.0 Å². The van der Waals surface area contributed by atoms with Crippen molar-refractivity contribution < 1.29 is 14.4 Å². The maximum Gasteiger partial charge on any atom is 0.296 e. The zero-order valence-corrected chi connectivity index (χ0v) is 19.3. The lowest BCUT2D eigenvalue weighted by Crippen LogP contribution is -2.31. The number of aryl methyl sites for hydroxylation is 1. The first kappa shape index (κ1) is 23.4. The summed E-state index contributed by atoms with van der Waals surface area (Å²) in [5, 5.41) is 30.6. The Morgan fingerprint density at radius 3 is 2.71 bits per heavy atom. The third-order valence-corrected chi connectivity index (χ3v) is 5.80. The van der Waals surface area contributed by atoms with Crippen LogP contribution in [0.1, 0.15) is 58.7 Å². The van der Waals surface area contributed by atoms with Crippen LogP contribution in [0.3, 0.4) is 0 Å². The minimum absolute atomic E-state index is 0.215. The highest BCUT2D eigenvalue weighted by Gasteiger charge is 2.31. The zero-order chi connectivity index (χ0) is 25.1. The molecule has 4 aromatic rings. The lowest BCUT2D eigenvalue weighted by atomic mass is 9.80. The van der Waals surface area contributed by atoms with E-state index in [0.717, 1.165) is 11.1 Å². The lowest BCUT2D eigenvalue weighted by molar-refractivity contribution is 0.101. The predicted octanol–water partition coefficient (Wildman–Crippen LogP) is 2.75. The summed E-state index contributed by atoms with van der Waals surface area (Å²) in [7, 11) is 1.79. The van der Waals surface area contributed by atoms with Crippen LogP contribution in [0.5, 0.6) is 5.75 Å². The van der Waals surface area contributed by atoms with Crippen molar-refractivity contribution in [2.75, 3.05) is 5.32 Å². The first-order valence-electron chi connectivity index (χ1n) is 10.9. The number of amides is 1. The van der Waals surface area contributed by atoms with Crippen LogP contribution in [-0.4, -0.2) is 35.5 Å². The fourth-order valence-corrected chi connectivity index (χ4v) is 4.19. The highest BCUT2D eigenvalue weighted by atomic mass is 16.5. The summed E-state index contributed by atoms with van der Waals surface area (Å²) in [4.78, 5) is 30.4. The Bertz CT molecular complexity index is 1460. The van der Waals surface area contributed by atoms with Crippen LogP contribution < -0.4 is 10.9 Å². The number of nitrogens with zero attached hydrogens (tertiary/aromatic N) is 6. The Morgan fingerprint density at radius 1 is 1.31 bits per heavy atom. The van der Waals surface area contributed by atoms with Crippen LogP contribution in [0.15, 0.2) is 58.4 Å². The monoisotopic (exact) mass is 473 g/mol. The maximum atomic E-state index is 13.1. The van der Waals surface area contributed by atoms with Crippen molar-refractivity contribution in [1.29, 1.82) is 5.26 Å². The van der Waals surface area contributed by atoms with Gasteiger partial charge in [-0.15, -0.1) is 0 Å². The second-order valence-corrected chi connectivity index (χ2v) is 8.00. The molecule has 35 heavy (non-hydrogen) atoms. The van der Waals surface area contributed by atoms with E-state index in [-0.39, 0.29) is 18.1 Å². The highest BCUT2D eigenvalue weighted by molar-refractivity contribution is 6.04. The van der Waals surface area contributed by atoms with Crippen LogP contribution >= 0.6 is 0 Å². The summed E-state index contributed by atoms with van der Waals surface area (Å²) in [6.07, 6.45) is 6.03. The summed E-state index contributed by atoms with van der Waals surface area (Å²) in [5.74, 6) is -2.15. The van der Waals surface area contributed by atoms with Crippen LogP contribution in [-0.2, 0) is 13.6 Å². The number of hydrogen-bond donors (Lipinski definition) is 2. The van der Waals surface area contributed by atoms with E-state index in [0.29, 0.717) is 5.56 Å². The third kappa shape index (κ3) is 4.41. The standard InChI is InChI=1S/C24H23N7O4/c1-4-31-22(29-20(21(32)24(31)34)23(33)28-17-11-27-35-13-17)14(2)19(16-10-26-30(3)12-16)18-8-6-5-7-15(18)9-25/h5-8,10-14,19,32H,4H2,1-3H3,(H,28,33)/t14-,19-/m0/s1. The first-order valence-corrected chi connectivity index (χ1v) is 10.9. The summed E-state index contributed by atoms with van der Waals surface area (Å²) < 4.78 is 7.69. The molecule has 0 spiro atoms. The molecule has 11 nitrogen and oxygen atoms in total. The van der Waals surface area contributed by atoms with E-state index in [1.807, 2.05) is 25.3 Å². The molecule has 0 saturated carbocycles. The fraction of sp³-hybridized carbons (Fsp3) is 0.250. The Kier molecular flexibility index (Phi) is 6.46. The van der Waals surface area contributed by atoms with Gasteiger partial charge in [-0.1, -0.05) is 30.3 Å². The number of anilines is 1. The van der Waals surface area contributed by atoms with Crippen LogP contribution in [0.2, 0.25) is 0 Å². The second-order valence-electron chi connectivity index (χ2n) is 8.00. The van der Waals surface area contributed by atoms with Gasteiger partial charge in [-0.2, -0.15) is 10.4 Å². The molecule has 0 saturated heterocycles. The number of carbonyl (C=O) groups is 1. The van der Waals surface area contributed by atoms with Crippen molar-refractivity contribution in [2.45, 2.75) is 32.2 Å². The minimum Gasteiger partial charge on any atom is -0.501 e. The average molecular weight is 473 g/mol. The summed E-state index contributed by atoms with van der Waals surface area (Å²) >= 11 is 0. The third-order valence-electron chi connectivity index (χ3n) is 5.80. The molecule has 0 bridgehead atoms. The molecule has 1 aromatic carbocycles. The van der Waals surface area contributed by atoms with Gasteiger partial charge in [0.15, 0.2) is 5.69 Å². The second kappa shape index (κ2) is 9.64. The van der Waals surface area contributed by atoms with Gasteiger partial charge in [0.05, 0.1) is 24.0 Å². The van der Waals surface area contributed by atoms with E-state index >= 15 is 0 Å². The number of nitrogens with one attached hydrogen (secondary N) is 1. The molecule has 3 heterocycles. The van der Waals surface area contributed by atoms with Crippen molar-refractivity contribution in [2.24, 2.45) is 7.05 Å². The first-order chi connectivity index (χ1) is 16.8. The number of rotatable bonds is 7. The summed E-state index contributed by atoms with van der Waals surface area (Å²) in [5.41, 5.74) is 1.11. The van der Waals surface area contributed by atoms with Crippen molar-refractivity contribution in [1.82, 2.24) is 24.5 Å². The summed E-state index contributed by atoms with van der Waals surface area (Å²) in [6, 6.07) is 9.41. The number of aromatic nitrogens is 5. The highest BCUT2D eigenvalue weighted by Crippen LogP contribution is 2.39. The number of benzene rings is 1. The molecule has 0 aliphatic carbocycles. The molecular weight excluding hydrogens is 450 g/mol. The molecule has 3 aromatic heterocycles. The Labute approximate surface area is 200 Å². The molecule has 1 amide bonds. The van der Waals surface area contributed by atoms with E-state index in [4.69, 9.17) is 4.52 Å². The van der Waals surface area contributed by atoms with Crippen LogP contribution in [0.4, 0.5) is 5.69 Å². The fourth-order valence-electron chi connectivity index (χ4n) is 4.19. The molecule has 0 unspecified atom stereocenters. The van der Waals surface area contributed by atoms with Gasteiger partial charge in [0, 0.05) is 31.6 Å². The van der Waals surface area contributed by atoms with E-state index < -0.39 is 34.7 Å². The normalized spacial score (nSPS) is 12.6. The van der Waals surface area contributed by atoms with Gasteiger partial charge in [0.1, 0.15) is 17.8 Å². The molecule has 11 heteroatoms. The van der Waals surface area contributed by atoms with Crippen molar-refractivity contribution in [3.63, 3.8) is 0 Å². The molecular formula is C24H23N7O4. The van der Waals surface area contributed by atoms with Crippen LogP contribution in [0.25, 0.3) is 0 Å². The molecule has 2 atom stereocenters. The predicted molar refractivity (Wildman–Crippen MR) is 125 cm³/mol. The van der Waals surface area contributed by atoms with Crippen molar-refractivity contribution in [3.8, 4) is 11.8 Å². The zero-order valence-electron chi connectivity index (χ0n) is 19.3. The largest absolute Gasteiger partial charge is 0.501 e. The van der Waals surface area contributed by atoms with E-state index in [9.17, 15) is 20.0 Å². The lowest BCUT2D eigenvalue weighted by Gasteiger charge is -2.26. The Morgan fingerprint density at radius 2 is 2.09 bits per heavy atom. The van der Waals surface area contributed by atoms with E-state index in [1.165, 1.54) is 17.0 Å². The number of aromatic hydroxyl groups is 1. The molecule has 0 aliphatic heterocycles. The molecule has 4 rings (SSSR count). The van der Waals surface area contributed by atoms with Gasteiger partial charge in [0.25, 0.3) is 11.5 Å². The maximum absolute atomic E-state index is 13.1. The van der Waals surface area contributed by atoms with Gasteiger partial charge in [0.2, 0.25) is 5.75 Å². The van der Waals surface area contributed by atoms with Crippen molar-refractivity contribution in [3.05, 3.63) is 87.7 Å². The van der Waals surface area contributed by atoms with Gasteiger partial charge in [-0.3, -0.25) is 18.8 Å². The van der Waals surface area contributed by atoms with Gasteiger partial charge >= 0.3 is 0 Å². The van der Waals surface area contributed by atoms with Crippen LogP contribution in [0, 0.1) is 11.3 Å². The molecule has 0 fully saturated rings. The SMILES string of the molecule is CCn1c([C@@H](C)[C@@H](c2cnn(C)c2)c2ccccc2C#N)nc(C(=O)Nc2cnoc2)c(O)c1=O. The molecule has 2 N–H and O–H groups in total. The minimum atomic E-state index is -0.783. The van der Waals surface area contributed by atoms with E-state index in [2.05, 4.69) is 26.6 Å². The van der Waals surface area contributed by atoms with Crippen molar-refractivity contribution >= 4 is 11.6 Å². The number of carbonyl (C=O) groups excluding carboxylic acids is 1. The summed E-state index contributed by atoms with van der Waals surface area (Å²) in [6.45, 7) is 3.82. The Hall–Kier alpha value is -4.72. The van der Waals surface area contributed by atoms with Gasteiger partial charge in [-0.05, 0) is 24.1 Å². The molecule has 0 radical (unpaired) electrons. The van der Waals surface area contributed by atoms with Gasteiger partial charge < -0.3 is 14.9 Å². The average Bonchev–Trinajstić information content (AvgIpc) is 3.52. The number of hydrogen-bond acceptors (Lipinski definition) is 8. The topological polar surface area (TPSA) is 152 Å².